The molecule has 2 atom stereocenters. The van der Waals surface area contributed by atoms with Gasteiger partial charge >= 0.3 is 5.97 Å². The van der Waals surface area contributed by atoms with Crippen LogP contribution in [0.15, 0.2) is 73.1 Å². The van der Waals surface area contributed by atoms with Crippen LogP contribution in [0.2, 0.25) is 0 Å². The third kappa shape index (κ3) is 7.46. The van der Waals surface area contributed by atoms with E-state index < -0.39 is 30.4 Å². The number of aliphatic hydroxyl groups is 2. The Labute approximate surface area is 249 Å². The number of carboxylic acids is 1. The number of nitrogens with zero attached hydrogens (tertiary/aromatic N) is 2. The minimum Gasteiger partial charge on any atom is -0.495 e. The molecule has 2 aromatic carbocycles. The Bertz CT molecular complexity index is 1550. The zero-order valence-corrected chi connectivity index (χ0v) is 24.3. The third-order valence-electron chi connectivity index (χ3n) is 7.14. The minimum atomic E-state index is -1.20. The van der Waals surface area contributed by atoms with Gasteiger partial charge in [0, 0.05) is 35.8 Å². The molecule has 43 heavy (non-hydrogen) atoms. The van der Waals surface area contributed by atoms with E-state index in [9.17, 15) is 24.2 Å². The van der Waals surface area contributed by atoms with Crippen molar-refractivity contribution in [2.75, 3.05) is 12.4 Å². The van der Waals surface area contributed by atoms with Crippen LogP contribution >= 0.6 is 0 Å². The smallest absolute Gasteiger partial charge is 0.305 e. The largest absolute Gasteiger partial charge is 0.495 e. The van der Waals surface area contributed by atoms with Crippen LogP contribution in [0, 0.1) is 5.82 Å². The molecule has 0 aliphatic heterocycles. The van der Waals surface area contributed by atoms with Gasteiger partial charge < -0.3 is 29.9 Å². The molecular weight excluding hydrogens is 553 g/mol. The summed E-state index contributed by atoms with van der Waals surface area (Å²) in [6.45, 7) is 4.15. The highest BCUT2D eigenvalue weighted by Crippen LogP contribution is 2.42. The molecule has 0 unspecified atom stereocenters. The first-order valence-electron chi connectivity index (χ1n) is 14.1. The molecule has 4 N–H and O–H groups in total. The number of rotatable bonds is 13. The van der Waals surface area contributed by atoms with Gasteiger partial charge in [0.15, 0.2) is 0 Å². The number of aliphatic hydroxyl groups excluding tert-OH is 2. The van der Waals surface area contributed by atoms with Gasteiger partial charge in [-0.15, -0.1) is 0 Å². The Morgan fingerprint density at radius 1 is 1.00 bits per heavy atom. The quantitative estimate of drug-likeness (QED) is 0.157. The molecule has 0 aliphatic carbocycles. The number of carbonyl (C=O) groups is 2. The molecule has 0 radical (unpaired) electrons. The maximum Gasteiger partial charge on any atom is 0.305 e. The third-order valence-corrected chi connectivity index (χ3v) is 7.14. The molecule has 1 amide bonds. The number of amides is 1. The number of aliphatic carboxylic acids is 1. The second-order valence-electron chi connectivity index (χ2n) is 10.6. The monoisotopic (exact) mass is 589 g/mol. The maximum atomic E-state index is 14.2. The lowest BCUT2D eigenvalue weighted by atomic mass is 9.95. The SMILES string of the molecule is COc1ccccc1NC(=O)c1c(-c2cccnc2)c(-c2ccc(F)cc2)n(CC[C@@H](O)C[C@@H](O)CC(=O)O)c1C(C)C. The fraction of sp³-hybridized carbons (Fsp3) is 0.303. The summed E-state index contributed by atoms with van der Waals surface area (Å²) >= 11 is 0. The summed E-state index contributed by atoms with van der Waals surface area (Å²) < 4.78 is 21.5. The van der Waals surface area contributed by atoms with Crippen LogP contribution in [0.3, 0.4) is 0 Å². The van der Waals surface area contributed by atoms with Crippen molar-refractivity contribution in [2.45, 2.75) is 57.8 Å². The van der Waals surface area contributed by atoms with Crippen LogP contribution in [0.5, 0.6) is 5.75 Å². The van der Waals surface area contributed by atoms with E-state index in [1.54, 1.807) is 54.9 Å². The van der Waals surface area contributed by atoms with Crippen LogP contribution in [0.25, 0.3) is 22.4 Å². The highest BCUT2D eigenvalue weighted by Gasteiger charge is 2.31. The Morgan fingerprint density at radius 2 is 1.72 bits per heavy atom. The van der Waals surface area contributed by atoms with Gasteiger partial charge in [-0.25, -0.2) is 4.39 Å². The lowest BCUT2D eigenvalue weighted by Gasteiger charge is -2.20. The van der Waals surface area contributed by atoms with E-state index in [0.29, 0.717) is 45.1 Å². The van der Waals surface area contributed by atoms with Crippen molar-refractivity contribution >= 4 is 17.6 Å². The Balaban J connectivity index is 1.91. The normalized spacial score (nSPS) is 12.6. The molecule has 0 saturated carbocycles. The van der Waals surface area contributed by atoms with Gasteiger partial charge in [0.05, 0.1) is 42.7 Å². The van der Waals surface area contributed by atoms with E-state index in [1.165, 1.54) is 19.2 Å². The molecule has 4 aromatic rings. The number of nitrogens with one attached hydrogen (secondary N) is 1. The molecule has 0 fully saturated rings. The van der Waals surface area contributed by atoms with Crippen molar-refractivity contribution in [1.82, 2.24) is 9.55 Å². The number of hydrogen-bond donors (Lipinski definition) is 4. The second-order valence-corrected chi connectivity index (χ2v) is 10.6. The van der Waals surface area contributed by atoms with E-state index in [2.05, 4.69) is 10.3 Å². The van der Waals surface area contributed by atoms with Crippen molar-refractivity contribution in [1.29, 1.82) is 0 Å². The Hall–Kier alpha value is -4.54. The predicted molar refractivity (Wildman–Crippen MR) is 162 cm³/mol. The number of carboxylic acid groups (broad SMARTS) is 1. The molecule has 10 heteroatoms. The van der Waals surface area contributed by atoms with Gasteiger partial charge in [-0.3, -0.25) is 14.6 Å². The first-order valence-corrected chi connectivity index (χ1v) is 14.1. The first kappa shape index (κ1) is 31.4. The zero-order chi connectivity index (χ0) is 31.1. The highest BCUT2D eigenvalue weighted by atomic mass is 19.1. The summed E-state index contributed by atoms with van der Waals surface area (Å²) in [5.74, 6) is -1.63. The van der Waals surface area contributed by atoms with Crippen LogP contribution in [-0.4, -0.2) is 56.1 Å². The number of ether oxygens (including phenoxy) is 1. The number of carbonyl (C=O) groups excluding carboxylic acids is 1. The van der Waals surface area contributed by atoms with Crippen LogP contribution < -0.4 is 10.1 Å². The summed E-state index contributed by atoms with van der Waals surface area (Å²) in [5, 5.41) is 32.8. The standard InChI is InChI=1S/C33H36FN3O6/c1-20(2)31-30(33(42)36-26-8-4-5-9-27(26)43-3)29(22-7-6-15-35-19-22)32(21-10-12-23(34)13-11-21)37(31)16-14-24(38)17-25(39)18-28(40)41/h4-13,15,19-20,24-25,38-39H,14,16-18H2,1-3H3,(H,36,42)(H,40,41)/t24-,25-/m1/s1. The van der Waals surface area contributed by atoms with Crippen molar-refractivity contribution in [3.05, 3.63) is 90.1 Å². The lowest BCUT2D eigenvalue weighted by molar-refractivity contribution is -0.139. The van der Waals surface area contributed by atoms with Gasteiger partial charge in [-0.1, -0.05) is 32.0 Å². The van der Waals surface area contributed by atoms with Gasteiger partial charge in [0.2, 0.25) is 0 Å². The first-order chi connectivity index (χ1) is 20.6. The molecule has 9 nitrogen and oxygen atoms in total. The van der Waals surface area contributed by atoms with E-state index in [-0.39, 0.29) is 31.2 Å². The number of para-hydroxylation sites is 2. The highest BCUT2D eigenvalue weighted by molar-refractivity contribution is 6.13. The average Bonchev–Trinajstić information content (AvgIpc) is 3.32. The van der Waals surface area contributed by atoms with Crippen molar-refractivity contribution < 1.29 is 34.0 Å². The van der Waals surface area contributed by atoms with Gasteiger partial charge in [0.25, 0.3) is 5.91 Å². The molecule has 226 valence electrons. The lowest BCUT2D eigenvalue weighted by Crippen LogP contribution is -2.22. The average molecular weight is 590 g/mol. The van der Waals surface area contributed by atoms with E-state index in [0.717, 1.165) is 0 Å². The fourth-order valence-electron chi connectivity index (χ4n) is 5.33. The zero-order valence-electron chi connectivity index (χ0n) is 24.3. The molecular formula is C33H36FN3O6. The number of hydrogen-bond acceptors (Lipinski definition) is 6. The summed E-state index contributed by atoms with van der Waals surface area (Å²) in [6.07, 6.45) is 0.656. The number of benzene rings is 2. The summed E-state index contributed by atoms with van der Waals surface area (Å²) in [4.78, 5) is 29.5. The van der Waals surface area contributed by atoms with Crippen LogP contribution in [0.1, 0.15) is 55.1 Å². The molecule has 2 heterocycles. The maximum absolute atomic E-state index is 14.2. The number of halogens is 1. The molecule has 0 bridgehead atoms. The van der Waals surface area contributed by atoms with E-state index >= 15 is 0 Å². The van der Waals surface area contributed by atoms with Gasteiger partial charge in [0.1, 0.15) is 11.6 Å². The molecule has 0 aliphatic rings. The van der Waals surface area contributed by atoms with E-state index in [4.69, 9.17) is 9.84 Å². The van der Waals surface area contributed by atoms with Gasteiger partial charge in [-0.2, -0.15) is 0 Å². The molecule has 0 spiro atoms. The fourth-order valence-corrected chi connectivity index (χ4v) is 5.33. The van der Waals surface area contributed by atoms with E-state index in [1.807, 2.05) is 24.5 Å². The topological polar surface area (TPSA) is 134 Å². The molecule has 4 rings (SSSR count). The van der Waals surface area contributed by atoms with Crippen molar-refractivity contribution in [3.63, 3.8) is 0 Å². The Kier molecular flexibility index (Phi) is 10.3. The van der Waals surface area contributed by atoms with Crippen molar-refractivity contribution in [2.24, 2.45) is 0 Å². The number of aromatic nitrogens is 2. The second kappa shape index (κ2) is 14.1. The number of methoxy groups -OCH3 is 1. The summed E-state index contributed by atoms with van der Waals surface area (Å²) in [5.41, 5.74) is 4.12. The van der Waals surface area contributed by atoms with Gasteiger partial charge in [-0.05, 0) is 66.8 Å². The molecule has 0 saturated heterocycles. The molecule has 2 aromatic heterocycles. The number of anilines is 1. The predicted octanol–water partition coefficient (Wildman–Crippen LogP) is 5.72. The van der Waals surface area contributed by atoms with Crippen LogP contribution in [0.4, 0.5) is 10.1 Å². The minimum absolute atomic E-state index is 0.118. The summed E-state index contributed by atoms with van der Waals surface area (Å²) in [7, 11) is 1.52. The van der Waals surface area contributed by atoms with Crippen molar-refractivity contribution in [3.8, 4) is 28.1 Å². The van der Waals surface area contributed by atoms with Crippen LogP contribution in [-0.2, 0) is 11.3 Å². The Morgan fingerprint density at radius 3 is 2.35 bits per heavy atom. The summed E-state index contributed by atoms with van der Waals surface area (Å²) in [6, 6.07) is 16.7. The number of pyridine rings is 1.